The fraction of sp³-hybridized carbons (Fsp3) is 0.154. The van der Waals surface area contributed by atoms with Crippen LogP contribution in [0, 0.1) is 6.92 Å². The van der Waals surface area contributed by atoms with E-state index in [2.05, 4.69) is 10.3 Å². The minimum Gasteiger partial charge on any atom is -0.379 e. The van der Waals surface area contributed by atoms with Crippen molar-refractivity contribution in [2.24, 2.45) is 0 Å². The number of anilines is 1. The Kier molecular flexibility index (Phi) is 3.87. The van der Waals surface area contributed by atoms with Gasteiger partial charge in [-0.15, -0.1) is 0 Å². The molecule has 1 N–H and O–H groups in total. The SMILES string of the molecule is Cc1ncccc1NCc1cccc(Cl)c1Cl. The van der Waals surface area contributed by atoms with Crippen LogP contribution in [0.1, 0.15) is 11.3 Å². The van der Waals surface area contributed by atoms with Crippen LogP contribution in [-0.2, 0) is 6.54 Å². The molecule has 1 heterocycles. The molecule has 0 aliphatic rings. The zero-order chi connectivity index (χ0) is 12.3. The Morgan fingerprint density at radius 1 is 1.18 bits per heavy atom. The predicted molar refractivity (Wildman–Crippen MR) is 72.8 cm³/mol. The molecule has 0 unspecified atom stereocenters. The molecule has 17 heavy (non-hydrogen) atoms. The Labute approximate surface area is 111 Å². The zero-order valence-electron chi connectivity index (χ0n) is 9.37. The molecule has 88 valence electrons. The molecular weight excluding hydrogens is 255 g/mol. The summed E-state index contributed by atoms with van der Waals surface area (Å²) in [6.07, 6.45) is 1.77. The normalized spacial score (nSPS) is 10.3. The third-order valence-electron chi connectivity index (χ3n) is 2.51. The van der Waals surface area contributed by atoms with Gasteiger partial charge in [-0.3, -0.25) is 4.98 Å². The monoisotopic (exact) mass is 266 g/mol. The maximum Gasteiger partial charge on any atom is 0.0642 e. The Balaban J connectivity index is 2.13. The van der Waals surface area contributed by atoms with Gasteiger partial charge in [-0.25, -0.2) is 0 Å². The zero-order valence-corrected chi connectivity index (χ0v) is 10.9. The quantitative estimate of drug-likeness (QED) is 0.896. The third kappa shape index (κ3) is 2.90. The first-order valence-corrected chi connectivity index (χ1v) is 6.02. The van der Waals surface area contributed by atoms with Gasteiger partial charge in [-0.1, -0.05) is 35.3 Å². The summed E-state index contributed by atoms with van der Waals surface area (Å²) >= 11 is 12.1. The standard InChI is InChI=1S/C13H12Cl2N2/c1-9-12(6-3-7-16-9)17-8-10-4-2-5-11(14)13(10)15/h2-7,17H,8H2,1H3. The Morgan fingerprint density at radius 3 is 2.76 bits per heavy atom. The van der Waals surface area contributed by atoms with Crippen molar-refractivity contribution in [1.82, 2.24) is 4.98 Å². The molecule has 0 atom stereocenters. The van der Waals surface area contributed by atoms with Crippen molar-refractivity contribution >= 4 is 28.9 Å². The van der Waals surface area contributed by atoms with Crippen LogP contribution in [0.3, 0.4) is 0 Å². The van der Waals surface area contributed by atoms with Crippen molar-refractivity contribution < 1.29 is 0 Å². The van der Waals surface area contributed by atoms with Crippen molar-refractivity contribution in [2.75, 3.05) is 5.32 Å². The molecule has 0 saturated carbocycles. The second-order valence-electron chi connectivity index (χ2n) is 3.70. The fourth-order valence-electron chi connectivity index (χ4n) is 1.55. The van der Waals surface area contributed by atoms with Crippen LogP contribution in [0.2, 0.25) is 10.0 Å². The summed E-state index contributed by atoms with van der Waals surface area (Å²) in [7, 11) is 0. The van der Waals surface area contributed by atoms with E-state index in [0.717, 1.165) is 16.9 Å². The van der Waals surface area contributed by atoms with E-state index in [4.69, 9.17) is 23.2 Å². The fourth-order valence-corrected chi connectivity index (χ4v) is 1.93. The highest BCUT2D eigenvalue weighted by Gasteiger charge is 2.04. The summed E-state index contributed by atoms with van der Waals surface area (Å²) in [6, 6.07) is 9.51. The molecule has 0 fully saturated rings. The van der Waals surface area contributed by atoms with Gasteiger partial charge < -0.3 is 5.32 Å². The molecule has 0 bridgehead atoms. The van der Waals surface area contributed by atoms with Gasteiger partial charge in [-0.05, 0) is 30.7 Å². The minimum absolute atomic E-state index is 0.578. The number of halogens is 2. The van der Waals surface area contributed by atoms with Gasteiger partial charge in [0.1, 0.15) is 0 Å². The van der Waals surface area contributed by atoms with Crippen LogP contribution in [0.15, 0.2) is 36.5 Å². The van der Waals surface area contributed by atoms with Gasteiger partial charge in [0.05, 0.1) is 21.4 Å². The van der Waals surface area contributed by atoms with E-state index >= 15 is 0 Å². The van der Waals surface area contributed by atoms with Crippen LogP contribution in [0.5, 0.6) is 0 Å². The summed E-state index contributed by atoms with van der Waals surface area (Å²) in [5, 5.41) is 4.47. The lowest BCUT2D eigenvalue weighted by Crippen LogP contribution is -2.02. The minimum atomic E-state index is 0.578. The highest BCUT2D eigenvalue weighted by atomic mass is 35.5. The summed E-state index contributed by atoms with van der Waals surface area (Å²) < 4.78 is 0. The largest absolute Gasteiger partial charge is 0.379 e. The first kappa shape index (κ1) is 12.2. The van der Waals surface area contributed by atoms with Crippen LogP contribution in [-0.4, -0.2) is 4.98 Å². The van der Waals surface area contributed by atoms with Gasteiger partial charge >= 0.3 is 0 Å². The molecule has 0 radical (unpaired) electrons. The average Bonchev–Trinajstić information content (AvgIpc) is 2.33. The smallest absolute Gasteiger partial charge is 0.0642 e. The lowest BCUT2D eigenvalue weighted by atomic mass is 10.2. The number of pyridine rings is 1. The molecule has 0 aliphatic carbocycles. The van der Waals surface area contributed by atoms with E-state index in [1.165, 1.54) is 0 Å². The first-order chi connectivity index (χ1) is 8.18. The lowest BCUT2D eigenvalue weighted by Gasteiger charge is -2.10. The summed E-state index contributed by atoms with van der Waals surface area (Å²) in [5.41, 5.74) is 2.94. The van der Waals surface area contributed by atoms with Crippen LogP contribution in [0.4, 0.5) is 5.69 Å². The van der Waals surface area contributed by atoms with Crippen LogP contribution in [0.25, 0.3) is 0 Å². The van der Waals surface area contributed by atoms with Crippen molar-refractivity contribution in [3.05, 3.63) is 57.8 Å². The average molecular weight is 267 g/mol. The van der Waals surface area contributed by atoms with E-state index in [1.54, 1.807) is 12.3 Å². The lowest BCUT2D eigenvalue weighted by molar-refractivity contribution is 1.11. The number of nitrogens with one attached hydrogen (secondary N) is 1. The number of hydrogen-bond acceptors (Lipinski definition) is 2. The first-order valence-electron chi connectivity index (χ1n) is 5.27. The van der Waals surface area contributed by atoms with E-state index in [0.29, 0.717) is 16.6 Å². The van der Waals surface area contributed by atoms with Crippen LogP contribution >= 0.6 is 23.2 Å². The molecule has 2 nitrogen and oxygen atoms in total. The molecule has 4 heteroatoms. The van der Waals surface area contributed by atoms with Crippen LogP contribution < -0.4 is 5.32 Å². The van der Waals surface area contributed by atoms with E-state index in [1.807, 2.05) is 31.2 Å². The van der Waals surface area contributed by atoms with Crippen molar-refractivity contribution in [2.45, 2.75) is 13.5 Å². The Morgan fingerprint density at radius 2 is 2.00 bits per heavy atom. The number of nitrogens with zero attached hydrogens (tertiary/aromatic N) is 1. The van der Waals surface area contributed by atoms with Gasteiger partial charge in [0.25, 0.3) is 0 Å². The second-order valence-corrected chi connectivity index (χ2v) is 4.49. The van der Waals surface area contributed by atoms with E-state index < -0.39 is 0 Å². The maximum atomic E-state index is 6.11. The number of benzene rings is 1. The highest BCUT2D eigenvalue weighted by Crippen LogP contribution is 2.26. The van der Waals surface area contributed by atoms with Crippen molar-refractivity contribution in [1.29, 1.82) is 0 Å². The van der Waals surface area contributed by atoms with Gasteiger partial charge in [0.15, 0.2) is 0 Å². The molecular formula is C13H12Cl2N2. The number of aryl methyl sites for hydroxylation is 1. The van der Waals surface area contributed by atoms with E-state index in [9.17, 15) is 0 Å². The Hall–Kier alpha value is -1.25. The molecule has 2 aromatic rings. The molecule has 0 amide bonds. The van der Waals surface area contributed by atoms with Gasteiger partial charge in [0, 0.05) is 12.7 Å². The highest BCUT2D eigenvalue weighted by molar-refractivity contribution is 6.42. The van der Waals surface area contributed by atoms with Gasteiger partial charge in [0.2, 0.25) is 0 Å². The third-order valence-corrected chi connectivity index (χ3v) is 3.37. The summed E-state index contributed by atoms with van der Waals surface area (Å²) in [5.74, 6) is 0. The molecule has 1 aromatic carbocycles. The molecule has 2 rings (SSSR count). The molecule has 0 spiro atoms. The Bertz CT molecular complexity index is 527. The second kappa shape index (κ2) is 5.39. The maximum absolute atomic E-state index is 6.11. The number of hydrogen-bond donors (Lipinski definition) is 1. The molecule has 0 aliphatic heterocycles. The summed E-state index contributed by atoms with van der Waals surface area (Å²) in [6.45, 7) is 2.59. The number of rotatable bonds is 3. The number of aromatic nitrogens is 1. The van der Waals surface area contributed by atoms with E-state index in [-0.39, 0.29) is 0 Å². The van der Waals surface area contributed by atoms with Gasteiger partial charge in [-0.2, -0.15) is 0 Å². The summed E-state index contributed by atoms with van der Waals surface area (Å²) in [4.78, 5) is 4.21. The van der Waals surface area contributed by atoms with Crippen molar-refractivity contribution in [3.8, 4) is 0 Å². The van der Waals surface area contributed by atoms with Crippen molar-refractivity contribution in [3.63, 3.8) is 0 Å². The molecule has 1 aromatic heterocycles. The topological polar surface area (TPSA) is 24.9 Å². The molecule has 0 saturated heterocycles. The predicted octanol–water partition coefficient (Wildman–Crippen LogP) is 4.31.